The Kier molecular flexibility index (Phi) is 8.82. The number of ether oxygens (including phenoxy) is 1. The van der Waals surface area contributed by atoms with Gasteiger partial charge in [-0.1, -0.05) is 13.0 Å². The normalized spacial score (nSPS) is 11.9. The summed E-state index contributed by atoms with van der Waals surface area (Å²) in [5, 5.41) is 19.5. The first kappa shape index (κ1) is 16.6. The number of rotatable bonds is 10. The van der Waals surface area contributed by atoms with Crippen LogP contribution < -0.4 is 0 Å². The zero-order valence-electron chi connectivity index (χ0n) is 10.8. The van der Waals surface area contributed by atoms with Gasteiger partial charge in [-0.15, -0.1) is 0 Å². The van der Waals surface area contributed by atoms with Crippen LogP contribution in [-0.4, -0.2) is 35.3 Å². The minimum absolute atomic E-state index is 0.0188. The molecule has 1 atom stereocenters. The first-order valence-corrected chi connectivity index (χ1v) is 6.12. The standard InChI is InChI=1S/C12H21NO5/c1-3-18-12(15)10(2)9-11(13(16)17)7-5-4-6-8-14/h11,14H,2-9H2,1H3. The minimum Gasteiger partial charge on any atom is -0.463 e. The van der Waals surface area contributed by atoms with Gasteiger partial charge in [0.05, 0.1) is 6.61 Å². The molecule has 0 rings (SSSR count). The van der Waals surface area contributed by atoms with Crippen LogP contribution in [0.1, 0.15) is 39.0 Å². The third-order valence-electron chi connectivity index (χ3n) is 2.54. The molecule has 18 heavy (non-hydrogen) atoms. The predicted molar refractivity (Wildman–Crippen MR) is 66.7 cm³/mol. The Morgan fingerprint density at radius 1 is 1.44 bits per heavy atom. The van der Waals surface area contributed by atoms with Crippen LogP contribution in [0.15, 0.2) is 12.2 Å². The molecule has 0 aliphatic carbocycles. The molecule has 0 aromatic heterocycles. The highest BCUT2D eigenvalue weighted by Gasteiger charge is 2.23. The lowest BCUT2D eigenvalue weighted by Gasteiger charge is -2.10. The van der Waals surface area contributed by atoms with E-state index in [4.69, 9.17) is 9.84 Å². The third-order valence-corrected chi connectivity index (χ3v) is 2.54. The molecular weight excluding hydrogens is 238 g/mol. The van der Waals surface area contributed by atoms with Gasteiger partial charge in [0.1, 0.15) is 0 Å². The maximum absolute atomic E-state index is 11.3. The van der Waals surface area contributed by atoms with E-state index in [0.29, 0.717) is 19.3 Å². The van der Waals surface area contributed by atoms with Crippen LogP contribution in [0.5, 0.6) is 0 Å². The molecule has 0 bridgehead atoms. The van der Waals surface area contributed by atoms with Crippen molar-refractivity contribution in [3.63, 3.8) is 0 Å². The van der Waals surface area contributed by atoms with Gasteiger partial charge < -0.3 is 9.84 Å². The molecular formula is C12H21NO5. The summed E-state index contributed by atoms with van der Waals surface area (Å²) in [5.41, 5.74) is 0.140. The second-order valence-corrected chi connectivity index (χ2v) is 4.04. The van der Waals surface area contributed by atoms with Crippen LogP contribution in [0.4, 0.5) is 0 Å². The maximum atomic E-state index is 11.3. The third kappa shape index (κ3) is 7.01. The highest BCUT2D eigenvalue weighted by atomic mass is 16.6. The molecule has 0 aliphatic heterocycles. The quantitative estimate of drug-likeness (QED) is 0.212. The van der Waals surface area contributed by atoms with Crippen molar-refractivity contribution in [1.82, 2.24) is 0 Å². The molecule has 0 radical (unpaired) electrons. The van der Waals surface area contributed by atoms with Crippen LogP contribution >= 0.6 is 0 Å². The molecule has 0 aromatic rings. The van der Waals surface area contributed by atoms with Gasteiger partial charge in [-0.2, -0.15) is 0 Å². The van der Waals surface area contributed by atoms with Gasteiger partial charge in [0.15, 0.2) is 0 Å². The van der Waals surface area contributed by atoms with E-state index in [1.165, 1.54) is 0 Å². The number of nitro groups is 1. The van der Waals surface area contributed by atoms with Crippen LogP contribution in [0.2, 0.25) is 0 Å². The van der Waals surface area contributed by atoms with Crippen LogP contribution in [0.3, 0.4) is 0 Å². The Balaban J connectivity index is 4.14. The molecule has 1 N–H and O–H groups in total. The van der Waals surface area contributed by atoms with Crippen molar-refractivity contribution in [3.05, 3.63) is 22.3 Å². The van der Waals surface area contributed by atoms with Gasteiger partial charge in [0, 0.05) is 29.9 Å². The summed E-state index contributed by atoms with van der Waals surface area (Å²) >= 11 is 0. The number of hydrogen-bond donors (Lipinski definition) is 1. The molecule has 0 amide bonds. The smallest absolute Gasteiger partial charge is 0.333 e. The van der Waals surface area contributed by atoms with Gasteiger partial charge in [0.2, 0.25) is 6.04 Å². The van der Waals surface area contributed by atoms with Gasteiger partial charge in [-0.3, -0.25) is 10.1 Å². The number of aliphatic hydroxyl groups excluding tert-OH is 1. The molecule has 0 spiro atoms. The molecule has 0 aromatic carbocycles. The van der Waals surface area contributed by atoms with Crippen molar-refractivity contribution in [2.24, 2.45) is 0 Å². The summed E-state index contributed by atoms with van der Waals surface area (Å²) in [4.78, 5) is 21.8. The van der Waals surface area contributed by atoms with E-state index in [1.54, 1.807) is 6.92 Å². The highest BCUT2D eigenvalue weighted by Crippen LogP contribution is 2.14. The Bertz CT molecular complexity index is 290. The molecule has 0 saturated carbocycles. The lowest BCUT2D eigenvalue weighted by Crippen LogP contribution is -2.22. The van der Waals surface area contributed by atoms with Crippen molar-refractivity contribution in [3.8, 4) is 0 Å². The zero-order valence-corrected chi connectivity index (χ0v) is 10.8. The first-order valence-electron chi connectivity index (χ1n) is 6.12. The van der Waals surface area contributed by atoms with Crippen LogP contribution in [-0.2, 0) is 9.53 Å². The lowest BCUT2D eigenvalue weighted by molar-refractivity contribution is -0.523. The summed E-state index contributed by atoms with van der Waals surface area (Å²) < 4.78 is 4.73. The fraction of sp³-hybridized carbons (Fsp3) is 0.750. The van der Waals surface area contributed by atoms with Crippen molar-refractivity contribution in [1.29, 1.82) is 0 Å². The Hall–Kier alpha value is -1.43. The lowest BCUT2D eigenvalue weighted by atomic mass is 10.0. The second kappa shape index (κ2) is 9.58. The van der Waals surface area contributed by atoms with Crippen molar-refractivity contribution >= 4 is 5.97 Å². The SMILES string of the molecule is C=C(CC(CCCCCO)[N+](=O)[O-])C(=O)OCC. The van der Waals surface area contributed by atoms with E-state index >= 15 is 0 Å². The largest absolute Gasteiger partial charge is 0.463 e. The molecule has 6 heteroatoms. The monoisotopic (exact) mass is 259 g/mol. The Morgan fingerprint density at radius 3 is 2.61 bits per heavy atom. The summed E-state index contributed by atoms with van der Waals surface area (Å²) in [7, 11) is 0. The topological polar surface area (TPSA) is 89.7 Å². The number of esters is 1. The first-order chi connectivity index (χ1) is 8.52. The Morgan fingerprint density at radius 2 is 2.11 bits per heavy atom. The Labute approximate surface area is 107 Å². The minimum atomic E-state index is -0.805. The molecule has 1 unspecified atom stereocenters. The number of aliphatic hydroxyl groups is 1. The zero-order chi connectivity index (χ0) is 14.0. The van der Waals surface area contributed by atoms with Crippen molar-refractivity contribution in [2.75, 3.05) is 13.2 Å². The molecule has 0 saturated heterocycles. The summed E-state index contributed by atoms with van der Waals surface area (Å²) in [6.45, 7) is 5.52. The van der Waals surface area contributed by atoms with Gasteiger partial charge in [-0.25, -0.2) is 4.79 Å². The number of unbranched alkanes of at least 4 members (excludes halogenated alkanes) is 2. The van der Waals surface area contributed by atoms with E-state index < -0.39 is 12.0 Å². The summed E-state index contributed by atoms with van der Waals surface area (Å²) in [6, 6.07) is -0.805. The van der Waals surface area contributed by atoms with E-state index in [9.17, 15) is 14.9 Å². The maximum Gasteiger partial charge on any atom is 0.333 e. The predicted octanol–water partition coefficient (Wildman–Crippen LogP) is 1.69. The number of nitrogens with zero attached hydrogens (tertiary/aromatic N) is 1. The number of carbonyl (C=O) groups excluding carboxylic acids is 1. The van der Waals surface area contributed by atoms with E-state index in [-0.39, 0.29) is 30.1 Å². The number of hydrogen-bond acceptors (Lipinski definition) is 5. The molecule has 0 fully saturated rings. The fourth-order valence-electron chi connectivity index (χ4n) is 1.55. The fourth-order valence-corrected chi connectivity index (χ4v) is 1.55. The van der Waals surface area contributed by atoms with Gasteiger partial charge >= 0.3 is 5.97 Å². The van der Waals surface area contributed by atoms with Crippen LogP contribution in [0.25, 0.3) is 0 Å². The molecule has 104 valence electrons. The van der Waals surface area contributed by atoms with E-state index in [2.05, 4.69) is 6.58 Å². The summed E-state index contributed by atoms with van der Waals surface area (Å²) in [5.74, 6) is -0.570. The number of carbonyl (C=O) groups is 1. The molecule has 0 aliphatic rings. The van der Waals surface area contributed by atoms with E-state index in [0.717, 1.165) is 6.42 Å². The van der Waals surface area contributed by atoms with Crippen molar-refractivity contribution in [2.45, 2.75) is 45.1 Å². The van der Waals surface area contributed by atoms with Gasteiger partial charge in [-0.05, 0) is 19.8 Å². The molecule has 6 nitrogen and oxygen atoms in total. The average Bonchev–Trinajstić information content (AvgIpc) is 2.32. The average molecular weight is 259 g/mol. The van der Waals surface area contributed by atoms with Gasteiger partial charge in [0.25, 0.3) is 0 Å². The summed E-state index contributed by atoms with van der Waals surface area (Å²) in [6.07, 6.45) is 2.44. The van der Waals surface area contributed by atoms with Crippen molar-refractivity contribution < 1.29 is 19.6 Å². The van der Waals surface area contributed by atoms with E-state index in [1.807, 2.05) is 0 Å². The van der Waals surface area contributed by atoms with Crippen LogP contribution in [0, 0.1) is 10.1 Å². The highest BCUT2D eigenvalue weighted by molar-refractivity contribution is 5.87. The molecule has 0 heterocycles. The second-order valence-electron chi connectivity index (χ2n) is 4.04.